The molecule has 1 aliphatic carbocycles. The van der Waals surface area contributed by atoms with Crippen molar-refractivity contribution in [2.24, 2.45) is 0 Å². The maximum absolute atomic E-state index is 3.28. The molecular weight excluding hydrogens is 216 g/mol. The van der Waals surface area contributed by atoms with E-state index in [1.54, 1.807) is 0 Å². The minimum Gasteiger partial charge on any atom is -0.117 e. The molecule has 0 heteroatoms. The van der Waals surface area contributed by atoms with Crippen LogP contribution in [-0.2, 0) is 6.42 Å². The van der Waals surface area contributed by atoms with Crippen molar-refractivity contribution in [3.63, 3.8) is 0 Å². The summed E-state index contributed by atoms with van der Waals surface area (Å²) in [6.07, 6.45) is 12.4. The van der Waals surface area contributed by atoms with Crippen LogP contribution in [0.15, 0.2) is 65.9 Å². The minimum atomic E-state index is 1.05. The molecule has 1 aliphatic rings. The number of benzene rings is 1. The van der Waals surface area contributed by atoms with Crippen molar-refractivity contribution in [3.8, 4) is 0 Å². The van der Waals surface area contributed by atoms with Gasteiger partial charge in [0, 0.05) is 0 Å². The van der Waals surface area contributed by atoms with Gasteiger partial charge in [0.25, 0.3) is 0 Å². The van der Waals surface area contributed by atoms with Gasteiger partial charge in [0.05, 0.1) is 0 Å². The SMILES string of the molecule is CC.Cc1ccc(CCC2=C=CC=CC=C2)cc1. The molecule has 0 amide bonds. The van der Waals surface area contributed by atoms with E-state index in [9.17, 15) is 0 Å². The fourth-order valence-electron chi connectivity index (χ4n) is 1.68. The van der Waals surface area contributed by atoms with Gasteiger partial charge in [-0.1, -0.05) is 68.0 Å². The van der Waals surface area contributed by atoms with Crippen LogP contribution in [0, 0.1) is 6.92 Å². The number of hydrogen-bond donors (Lipinski definition) is 0. The molecule has 0 unspecified atom stereocenters. The lowest BCUT2D eigenvalue weighted by Gasteiger charge is -2.01. The van der Waals surface area contributed by atoms with Crippen molar-refractivity contribution in [3.05, 3.63) is 77.1 Å². The molecule has 0 aromatic heterocycles. The zero-order chi connectivity index (χ0) is 13.2. The van der Waals surface area contributed by atoms with E-state index >= 15 is 0 Å². The molecule has 1 aromatic rings. The average molecular weight is 238 g/mol. The van der Waals surface area contributed by atoms with Gasteiger partial charge in [-0.15, -0.1) is 5.73 Å². The van der Waals surface area contributed by atoms with Gasteiger partial charge in [-0.2, -0.15) is 0 Å². The normalized spacial score (nSPS) is 12.5. The van der Waals surface area contributed by atoms with Crippen LogP contribution in [-0.4, -0.2) is 0 Å². The molecule has 0 saturated heterocycles. The lowest BCUT2D eigenvalue weighted by atomic mass is 10.0. The third kappa shape index (κ3) is 5.03. The van der Waals surface area contributed by atoms with E-state index in [4.69, 9.17) is 0 Å². The van der Waals surface area contributed by atoms with Crippen molar-refractivity contribution in [2.45, 2.75) is 33.6 Å². The molecule has 0 atom stereocenters. The molecular formula is C18H22. The van der Waals surface area contributed by atoms with Crippen LogP contribution < -0.4 is 0 Å². The zero-order valence-corrected chi connectivity index (χ0v) is 11.6. The minimum absolute atomic E-state index is 1.05. The Morgan fingerprint density at radius 2 is 1.61 bits per heavy atom. The molecule has 18 heavy (non-hydrogen) atoms. The summed E-state index contributed by atoms with van der Waals surface area (Å²) in [4.78, 5) is 0. The first-order valence-corrected chi connectivity index (χ1v) is 6.69. The molecule has 0 saturated carbocycles. The third-order valence-electron chi connectivity index (χ3n) is 2.69. The Hall–Kier alpha value is -1.78. The third-order valence-corrected chi connectivity index (χ3v) is 2.69. The summed E-state index contributed by atoms with van der Waals surface area (Å²) in [5.41, 5.74) is 7.27. The van der Waals surface area contributed by atoms with Gasteiger partial charge in [0.2, 0.25) is 0 Å². The van der Waals surface area contributed by atoms with Gasteiger partial charge in [-0.05, 0) is 37.0 Å². The van der Waals surface area contributed by atoms with Crippen LogP contribution in [0.2, 0.25) is 0 Å². The molecule has 0 fully saturated rings. The van der Waals surface area contributed by atoms with E-state index in [-0.39, 0.29) is 0 Å². The number of allylic oxidation sites excluding steroid dienone is 5. The number of hydrogen-bond acceptors (Lipinski definition) is 0. The summed E-state index contributed by atoms with van der Waals surface area (Å²) < 4.78 is 0. The van der Waals surface area contributed by atoms with Crippen molar-refractivity contribution in [2.75, 3.05) is 0 Å². The van der Waals surface area contributed by atoms with Crippen LogP contribution >= 0.6 is 0 Å². The average Bonchev–Trinajstić information content (AvgIpc) is 2.69. The fraction of sp³-hybridized carbons (Fsp3) is 0.278. The Kier molecular flexibility index (Phi) is 6.61. The summed E-state index contributed by atoms with van der Waals surface area (Å²) in [6, 6.07) is 8.75. The maximum Gasteiger partial charge on any atom is -0.00570 e. The second-order valence-electron chi connectivity index (χ2n) is 4.07. The van der Waals surface area contributed by atoms with Crippen LogP contribution in [0.4, 0.5) is 0 Å². The van der Waals surface area contributed by atoms with Crippen molar-refractivity contribution < 1.29 is 0 Å². The molecule has 0 bridgehead atoms. The summed E-state index contributed by atoms with van der Waals surface area (Å²) in [5.74, 6) is 0. The second kappa shape index (κ2) is 8.33. The Bertz CT molecular complexity index is 463. The quantitative estimate of drug-likeness (QED) is 0.638. The summed E-state index contributed by atoms with van der Waals surface area (Å²) in [5, 5.41) is 0. The standard InChI is InChI=1S/C16H16.C2H6/c1-14-8-10-16(11-9-14)13-12-15-6-4-2-3-5-7-15;1-2/h2-6,8-11H,12-13H2,1H3;1-2H3. The Morgan fingerprint density at radius 1 is 0.889 bits per heavy atom. The lowest BCUT2D eigenvalue weighted by Crippen LogP contribution is -1.86. The van der Waals surface area contributed by atoms with Gasteiger partial charge in [0.15, 0.2) is 0 Å². The molecule has 2 rings (SSSR count). The van der Waals surface area contributed by atoms with E-state index < -0.39 is 0 Å². The highest BCUT2D eigenvalue weighted by Gasteiger charge is 1.96. The van der Waals surface area contributed by atoms with E-state index in [2.05, 4.69) is 49.1 Å². The first-order valence-electron chi connectivity index (χ1n) is 6.69. The maximum atomic E-state index is 3.28. The van der Waals surface area contributed by atoms with Crippen molar-refractivity contribution >= 4 is 0 Å². The molecule has 0 nitrogen and oxygen atoms in total. The molecule has 0 aliphatic heterocycles. The van der Waals surface area contributed by atoms with Gasteiger partial charge in [-0.25, -0.2) is 0 Å². The van der Waals surface area contributed by atoms with Crippen LogP contribution in [0.3, 0.4) is 0 Å². The van der Waals surface area contributed by atoms with Gasteiger partial charge >= 0.3 is 0 Å². The largest absolute Gasteiger partial charge is 0.117 e. The Labute approximate surface area is 111 Å². The topological polar surface area (TPSA) is 0 Å². The predicted molar refractivity (Wildman–Crippen MR) is 80.7 cm³/mol. The second-order valence-corrected chi connectivity index (χ2v) is 4.07. The van der Waals surface area contributed by atoms with Crippen LogP contribution in [0.5, 0.6) is 0 Å². The predicted octanol–water partition coefficient (Wildman–Crippen LogP) is 5.16. The van der Waals surface area contributed by atoms with E-state index in [1.165, 1.54) is 16.7 Å². The summed E-state index contributed by atoms with van der Waals surface area (Å²) in [6.45, 7) is 6.12. The molecule has 1 aromatic carbocycles. The van der Waals surface area contributed by atoms with Gasteiger partial charge < -0.3 is 0 Å². The summed E-state index contributed by atoms with van der Waals surface area (Å²) in [7, 11) is 0. The number of rotatable bonds is 3. The Morgan fingerprint density at radius 3 is 2.33 bits per heavy atom. The summed E-state index contributed by atoms with van der Waals surface area (Å²) >= 11 is 0. The van der Waals surface area contributed by atoms with Crippen molar-refractivity contribution in [1.29, 1.82) is 0 Å². The van der Waals surface area contributed by atoms with Gasteiger partial charge in [-0.3, -0.25) is 0 Å². The fourth-order valence-corrected chi connectivity index (χ4v) is 1.68. The highest BCUT2D eigenvalue weighted by atomic mass is 14.0. The number of aryl methyl sites for hydroxylation is 2. The highest BCUT2D eigenvalue weighted by Crippen LogP contribution is 2.11. The molecule has 0 heterocycles. The Balaban J connectivity index is 0.000000771. The highest BCUT2D eigenvalue weighted by molar-refractivity contribution is 5.29. The first-order chi connectivity index (χ1) is 8.84. The van der Waals surface area contributed by atoms with E-state index in [0.29, 0.717) is 0 Å². The zero-order valence-electron chi connectivity index (χ0n) is 11.6. The lowest BCUT2D eigenvalue weighted by molar-refractivity contribution is 0.966. The molecule has 0 N–H and O–H groups in total. The van der Waals surface area contributed by atoms with E-state index in [0.717, 1.165) is 12.8 Å². The molecule has 0 radical (unpaired) electrons. The van der Waals surface area contributed by atoms with Gasteiger partial charge in [0.1, 0.15) is 0 Å². The van der Waals surface area contributed by atoms with Crippen LogP contribution in [0.25, 0.3) is 0 Å². The molecule has 94 valence electrons. The van der Waals surface area contributed by atoms with Crippen LogP contribution in [0.1, 0.15) is 31.4 Å². The van der Waals surface area contributed by atoms with Crippen molar-refractivity contribution in [1.82, 2.24) is 0 Å². The smallest absolute Gasteiger partial charge is 0.00570 e. The first kappa shape index (κ1) is 14.3. The molecule has 0 spiro atoms. The monoisotopic (exact) mass is 238 g/mol. The van der Waals surface area contributed by atoms with E-state index in [1.807, 2.05) is 32.1 Å².